The van der Waals surface area contributed by atoms with Gasteiger partial charge in [0.05, 0.1) is 6.54 Å². The van der Waals surface area contributed by atoms with E-state index in [1.807, 2.05) is 43.2 Å². The van der Waals surface area contributed by atoms with Crippen molar-refractivity contribution in [3.63, 3.8) is 0 Å². The summed E-state index contributed by atoms with van der Waals surface area (Å²) in [7, 11) is 0. The fourth-order valence-electron chi connectivity index (χ4n) is 2.97. The minimum atomic E-state index is -0.295. The molecule has 0 aliphatic carbocycles. The maximum Gasteiger partial charge on any atom is 0.322 e. The molecule has 0 aliphatic rings. The molecule has 1 heterocycles. The first-order valence-corrected chi connectivity index (χ1v) is 11.3. The molecule has 6 nitrogen and oxygen atoms in total. The standard InChI is InChI=1S/C23H34N4O2S/c1-6-26(7-2)14-15-27(17-20-9-8-16-30-20)22(29)24-19-12-10-18(11-13-19)21(28)25-23(3,4)5/h8-13,16H,6-7,14-15,17H2,1-5H3,(H,24,29)(H,25,28). The second-order valence-electron chi connectivity index (χ2n) is 8.24. The van der Waals surface area contributed by atoms with Gasteiger partial charge in [0.1, 0.15) is 0 Å². The highest BCUT2D eigenvalue weighted by Gasteiger charge is 2.17. The lowest BCUT2D eigenvalue weighted by molar-refractivity contribution is 0.0919. The Morgan fingerprint density at radius 3 is 2.20 bits per heavy atom. The molecule has 2 rings (SSSR count). The van der Waals surface area contributed by atoms with Crippen LogP contribution in [-0.4, -0.2) is 53.5 Å². The van der Waals surface area contributed by atoms with Crippen LogP contribution in [0.15, 0.2) is 41.8 Å². The molecule has 0 fully saturated rings. The molecule has 0 spiro atoms. The molecule has 0 radical (unpaired) electrons. The van der Waals surface area contributed by atoms with Crippen LogP contribution >= 0.6 is 11.3 Å². The second kappa shape index (κ2) is 11.1. The average Bonchev–Trinajstić information content (AvgIpc) is 3.20. The summed E-state index contributed by atoms with van der Waals surface area (Å²) < 4.78 is 0. The van der Waals surface area contributed by atoms with Gasteiger partial charge in [-0.25, -0.2) is 4.79 Å². The summed E-state index contributed by atoms with van der Waals surface area (Å²) in [6.07, 6.45) is 0. The van der Waals surface area contributed by atoms with Crippen LogP contribution in [0.25, 0.3) is 0 Å². The van der Waals surface area contributed by atoms with Crippen molar-refractivity contribution < 1.29 is 9.59 Å². The number of carbonyl (C=O) groups excluding carboxylic acids is 2. The van der Waals surface area contributed by atoms with Crippen LogP contribution in [0.2, 0.25) is 0 Å². The molecule has 0 saturated carbocycles. The number of nitrogens with zero attached hydrogens (tertiary/aromatic N) is 2. The Hall–Kier alpha value is -2.38. The summed E-state index contributed by atoms with van der Waals surface area (Å²) in [6.45, 7) is 14.1. The van der Waals surface area contributed by atoms with E-state index >= 15 is 0 Å². The number of nitrogens with one attached hydrogen (secondary N) is 2. The van der Waals surface area contributed by atoms with Crippen molar-refractivity contribution in [2.24, 2.45) is 0 Å². The molecule has 3 amide bonds. The summed E-state index contributed by atoms with van der Waals surface area (Å²) in [5.41, 5.74) is 0.947. The Labute approximate surface area is 184 Å². The van der Waals surface area contributed by atoms with Crippen LogP contribution in [0.1, 0.15) is 49.9 Å². The molecular weight excluding hydrogens is 396 g/mol. The molecular formula is C23H34N4O2S. The number of hydrogen-bond donors (Lipinski definition) is 2. The van der Waals surface area contributed by atoms with Gasteiger partial charge in [-0.3, -0.25) is 4.79 Å². The van der Waals surface area contributed by atoms with Gasteiger partial charge in [-0.15, -0.1) is 11.3 Å². The van der Waals surface area contributed by atoms with Gasteiger partial charge in [0, 0.05) is 34.8 Å². The van der Waals surface area contributed by atoms with Gasteiger partial charge in [0.15, 0.2) is 0 Å². The quantitative estimate of drug-likeness (QED) is 0.608. The lowest BCUT2D eigenvalue weighted by Gasteiger charge is -2.26. The van der Waals surface area contributed by atoms with Gasteiger partial charge < -0.3 is 20.4 Å². The van der Waals surface area contributed by atoms with Gasteiger partial charge >= 0.3 is 6.03 Å². The van der Waals surface area contributed by atoms with E-state index in [-0.39, 0.29) is 17.5 Å². The normalized spacial score (nSPS) is 11.4. The van der Waals surface area contributed by atoms with Crippen LogP contribution in [-0.2, 0) is 6.54 Å². The number of rotatable bonds is 9. The van der Waals surface area contributed by atoms with Crippen molar-refractivity contribution in [3.05, 3.63) is 52.2 Å². The Bertz CT molecular complexity index is 794. The molecule has 0 saturated heterocycles. The Balaban J connectivity index is 2.03. The number of benzene rings is 1. The highest BCUT2D eigenvalue weighted by Crippen LogP contribution is 2.15. The average molecular weight is 431 g/mol. The summed E-state index contributed by atoms with van der Waals surface area (Å²) >= 11 is 1.65. The van der Waals surface area contributed by atoms with Crippen LogP contribution in [0.3, 0.4) is 0 Å². The van der Waals surface area contributed by atoms with Crippen molar-refractivity contribution in [1.82, 2.24) is 15.1 Å². The zero-order valence-electron chi connectivity index (χ0n) is 18.7. The fraction of sp³-hybridized carbons (Fsp3) is 0.478. The number of likely N-dealkylation sites (N-methyl/N-ethyl adjacent to an activating group) is 1. The molecule has 2 N–H and O–H groups in total. The summed E-state index contributed by atoms with van der Waals surface area (Å²) in [6, 6.07) is 10.9. The zero-order valence-corrected chi connectivity index (χ0v) is 19.5. The number of amides is 3. The second-order valence-corrected chi connectivity index (χ2v) is 9.27. The lowest BCUT2D eigenvalue weighted by Crippen LogP contribution is -2.40. The van der Waals surface area contributed by atoms with Crippen LogP contribution in [0.5, 0.6) is 0 Å². The van der Waals surface area contributed by atoms with E-state index < -0.39 is 0 Å². The molecule has 0 unspecified atom stereocenters. The molecule has 30 heavy (non-hydrogen) atoms. The lowest BCUT2D eigenvalue weighted by atomic mass is 10.1. The largest absolute Gasteiger partial charge is 0.347 e. The van der Waals surface area contributed by atoms with Crippen LogP contribution in [0, 0.1) is 0 Å². The molecule has 7 heteroatoms. The van der Waals surface area contributed by atoms with Crippen LogP contribution < -0.4 is 10.6 Å². The van der Waals surface area contributed by atoms with Crippen molar-refractivity contribution in [1.29, 1.82) is 0 Å². The maximum absolute atomic E-state index is 13.0. The summed E-state index contributed by atoms with van der Waals surface area (Å²) in [5, 5.41) is 7.93. The number of anilines is 1. The highest BCUT2D eigenvalue weighted by atomic mass is 32.1. The summed E-state index contributed by atoms with van der Waals surface area (Å²) in [5.74, 6) is -0.126. The maximum atomic E-state index is 13.0. The zero-order chi connectivity index (χ0) is 22.1. The molecule has 2 aromatic rings. The Morgan fingerprint density at radius 1 is 1.00 bits per heavy atom. The first-order valence-electron chi connectivity index (χ1n) is 10.4. The van der Waals surface area contributed by atoms with E-state index in [0.29, 0.717) is 24.3 Å². The number of carbonyl (C=O) groups is 2. The third-order valence-electron chi connectivity index (χ3n) is 4.68. The third kappa shape index (κ3) is 7.80. The van der Waals surface area contributed by atoms with Gasteiger partial charge in [-0.05, 0) is 69.6 Å². The monoisotopic (exact) mass is 430 g/mol. The molecule has 0 bridgehead atoms. The summed E-state index contributed by atoms with van der Waals surface area (Å²) in [4.78, 5) is 30.5. The first kappa shape index (κ1) is 23.9. The first-order chi connectivity index (χ1) is 14.2. The number of urea groups is 1. The molecule has 1 aromatic heterocycles. The predicted octanol–water partition coefficient (Wildman–Crippen LogP) is 4.65. The van der Waals surface area contributed by atoms with E-state index in [4.69, 9.17) is 0 Å². The SMILES string of the molecule is CCN(CC)CCN(Cc1cccs1)C(=O)Nc1ccc(C(=O)NC(C)(C)C)cc1. The number of hydrogen-bond acceptors (Lipinski definition) is 4. The van der Waals surface area contributed by atoms with Crippen LogP contribution in [0.4, 0.5) is 10.5 Å². The van der Waals surface area contributed by atoms with E-state index in [2.05, 4.69) is 29.4 Å². The highest BCUT2D eigenvalue weighted by molar-refractivity contribution is 7.09. The van der Waals surface area contributed by atoms with Crippen molar-refractivity contribution in [2.45, 2.75) is 46.7 Å². The van der Waals surface area contributed by atoms with Gasteiger partial charge in [0.2, 0.25) is 0 Å². The molecule has 0 aliphatic heterocycles. The molecule has 1 aromatic carbocycles. The van der Waals surface area contributed by atoms with Gasteiger partial charge in [0.25, 0.3) is 5.91 Å². The van der Waals surface area contributed by atoms with Gasteiger partial charge in [-0.2, -0.15) is 0 Å². The molecule has 164 valence electrons. The van der Waals surface area contributed by atoms with Crippen molar-refractivity contribution in [3.8, 4) is 0 Å². The number of thiophene rings is 1. The van der Waals surface area contributed by atoms with E-state index in [1.54, 1.807) is 35.6 Å². The minimum Gasteiger partial charge on any atom is -0.347 e. The van der Waals surface area contributed by atoms with Crippen molar-refractivity contribution >= 4 is 29.0 Å². The molecule has 0 atom stereocenters. The fourth-order valence-corrected chi connectivity index (χ4v) is 3.68. The van der Waals surface area contributed by atoms with E-state index in [9.17, 15) is 9.59 Å². The van der Waals surface area contributed by atoms with Crippen molar-refractivity contribution in [2.75, 3.05) is 31.5 Å². The Kier molecular flexibility index (Phi) is 8.87. The third-order valence-corrected chi connectivity index (χ3v) is 5.54. The van der Waals surface area contributed by atoms with E-state index in [1.165, 1.54) is 0 Å². The van der Waals surface area contributed by atoms with E-state index in [0.717, 1.165) is 24.5 Å². The minimum absolute atomic E-state index is 0.126. The predicted molar refractivity (Wildman–Crippen MR) is 125 cm³/mol. The Morgan fingerprint density at radius 2 is 1.67 bits per heavy atom. The topological polar surface area (TPSA) is 64.7 Å². The smallest absolute Gasteiger partial charge is 0.322 e. The van der Waals surface area contributed by atoms with Gasteiger partial charge in [-0.1, -0.05) is 19.9 Å².